The fraction of sp³-hybridized carbons (Fsp3) is 0.310. The third-order valence-electron chi connectivity index (χ3n) is 5.63. The van der Waals surface area contributed by atoms with Gasteiger partial charge >= 0.3 is 0 Å². The molecule has 2 amide bonds. The number of nitrogens with zero attached hydrogens (tertiary/aromatic N) is 1. The second-order valence-electron chi connectivity index (χ2n) is 8.59. The van der Waals surface area contributed by atoms with Crippen LogP contribution in [0.1, 0.15) is 34.7 Å². The Bertz CT molecular complexity index is 1080. The fourth-order valence-electron chi connectivity index (χ4n) is 3.99. The molecule has 0 aliphatic heterocycles. The van der Waals surface area contributed by atoms with E-state index < -0.39 is 6.04 Å². The van der Waals surface area contributed by atoms with Gasteiger partial charge in [-0.3, -0.25) is 9.59 Å². The molecule has 34 heavy (non-hydrogen) atoms. The smallest absolute Gasteiger partial charge is 0.243 e. The molecule has 0 aliphatic carbocycles. The van der Waals surface area contributed by atoms with Crippen LogP contribution in [-0.4, -0.2) is 35.1 Å². The highest BCUT2D eigenvalue weighted by Crippen LogP contribution is 2.19. The molecule has 0 saturated carbocycles. The van der Waals surface area contributed by atoms with E-state index >= 15 is 0 Å². The van der Waals surface area contributed by atoms with E-state index in [4.69, 9.17) is 0 Å². The first-order valence-corrected chi connectivity index (χ1v) is 12.9. The second-order valence-corrected chi connectivity index (χ2v) is 9.58. The van der Waals surface area contributed by atoms with Gasteiger partial charge in [-0.15, -0.1) is 11.8 Å². The number of thioether (sulfide) groups is 1. The lowest BCUT2D eigenvalue weighted by molar-refractivity contribution is -0.139. The zero-order valence-electron chi connectivity index (χ0n) is 20.3. The van der Waals surface area contributed by atoms with Crippen LogP contribution in [0.25, 0.3) is 0 Å². The van der Waals surface area contributed by atoms with Crippen LogP contribution in [0.3, 0.4) is 0 Å². The van der Waals surface area contributed by atoms with Gasteiger partial charge in [-0.1, -0.05) is 90.0 Å². The Hall–Kier alpha value is -3.05. The maximum atomic E-state index is 13.6. The van der Waals surface area contributed by atoms with Crippen molar-refractivity contribution in [2.75, 3.05) is 12.3 Å². The van der Waals surface area contributed by atoms with Crippen LogP contribution in [0.2, 0.25) is 0 Å². The Labute approximate surface area is 207 Å². The van der Waals surface area contributed by atoms with Crippen LogP contribution >= 0.6 is 11.8 Å². The molecule has 3 rings (SSSR count). The number of benzene rings is 3. The number of hydrogen-bond acceptors (Lipinski definition) is 3. The topological polar surface area (TPSA) is 49.4 Å². The van der Waals surface area contributed by atoms with Gasteiger partial charge in [-0.2, -0.15) is 0 Å². The first-order valence-electron chi connectivity index (χ1n) is 11.8. The summed E-state index contributed by atoms with van der Waals surface area (Å²) in [5, 5.41) is 2.95. The standard InChI is InChI=1S/C29H34N2O2S/c1-4-30-29(33)27(18-24-12-6-5-7-13-24)31(19-25-14-8-10-22(2)16-25)28(32)21-34-20-26-15-9-11-23(3)17-26/h5-17,27H,4,18-21H2,1-3H3,(H,30,33). The van der Waals surface area contributed by atoms with Crippen molar-refractivity contribution < 1.29 is 9.59 Å². The number of likely N-dealkylation sites (N-methyl/N-ethyl adjacent to an activating group) is 1. The largest absolute Gasteiger partial charge is 0.355 e. The molecule has 3 aromatic rings. The number of aryl methyl sites for hydroxylation is 2. The quantitative estimate of drug-likeness (QED) is 0.410. The zero-order valence-corrected chi connectivity index (χ0v) is 21.1. The summed E-state index contributed by atoms with van der Waals surface area (Å²) in [6, 6.07) is 25.8. The van der Waals surface area contributed by atoms with Crippen molar-refractivity contribution in [3.05, 3.63) is 107 Å². The molecule has 0 bridgehead atoms. The Morgan fingerprint density at radius 2 is 1.47 bits per heavy atom. The lowest BCUT2D eigenvalue weighted by Crippen LogP contribution is -2.51. The number of nitrogens with one attached hydrogen (secondary N) is 1. The summed E-state index contributed by atoms with van der Waals surface area (Å²) >= 11 is 1.59. The van der Waals surface area contributed by atoms with Crippen molar-refractivity contribution in [1.29, 1.82) is 0 Å². The predicted octanol–water partition coefficient (Wildman–Crippen LogP) is 5.31. The molecule has 0 heterocycles. The Balaban J connectivity index is 1.82. The monoisotopic (exact) mass is 474 g/mol. The maximum absolute atomic E-state index is 13.6. The zero-order chi connectivity index (χ0) is 24.3. The minimum Gasteiger partial charge on any atom is -0.355 e. The Kier molecular flexibility index (Phi) is 9.77. The fourth-order valence-corrected chi connectivity index (χ4v) is 4.85. The van der Waals surface area contributed by atoms with Gasteiger partial charge in [0.2, 0.25) is 11.8 Å². The molecular formula is C29H34N2O2S. The van der Waals surface area contributed by atoms with E-state index in [1.807, 2.05) is 68.4 Å². The maximum Gasteiger partial charge on any atom is 0.243 e. The first kappa shape index (κ1) is 25.6. The molecule has 3 aromatic carbocycles. The summed E-state index contributed by atoms with van der Waals surface area (Å²) in [4.78, 5) is 28.5. The third kappa shape index (κ3) is 7.77. The summed E-state index contributed by atoms with van der Waals surface area (Å²) in [5.41, 5.74) is 5.61. The highest BCUT2D eigenvalue weighted by Gasteiger charge is 2.30. The van der Waals surface area contributed by atoms with Crippen molar-refractivity contribution in [2.24, 2.45) is 0 Å². The van der Waals surface area contributed by atoms with E-state index in [1.165, 1.54) is 11.1 Å². The minimum atomic E-state index is -0.574. The van der Waals surface area contributed by atoms with Crippen LogP contribution in [0.15, 0.2) is 78.9 Å². The summed E-state index contributed by atoms with van der Waals surface area (Å²) in [7, 11) is 0. The number of carbonyl (C=O) groups is 2. The van der Waals surface area contributed by atoms with Crippen LogP contribution in [0.5, 0.6) is 0 Å². The Morgan fingerprint density at radius 3 is 2.12 bits per heavy atom. The molecule has 0 saturated heterocycles. The second kappa shape index (κ2) is 13.0. The van der Waals surface area contributed by atoms with Gasteiger partial charge in [0, 0.05) is 25.3 Å². The number of amides is 2. The van der Waals surface area contributed by atoms with Crippen molar-refractivity contribution in [2.45, 2.75) is 45.5 Å². The summed E-state index contributed by atoms with van der Waals surface area (Å²) in [5.74, 6) is 0.947. The average Bonchev–Trinajstić information content (AvgIpc) is 2.82. The molecule has 0 fully saturated rings. The summed E-state index contributed by atoms with van der Waals surface area (Å²) in [6.45, 7) is 6.95. The van der Waals surface area contributed by atoms with Gasteiger partial charge in [-0.05, 0) is 37.5 Å². The molecule has 4 nitrogen and oxygen atoms in total. The van der Waals surface area contributed by atoms with Crippen molar-refractivity contribution in [1.82, 2.24) is 10.2 Å². The Morgan fingerprint density at radius 1 is 0.853 bits per heavy atom. The van der Waals surface area contributed by atoms with Gasteiger partial charge in [0.05, 0.1) is 5.75 Å². The predicted molar refractivity (Wildman–Crippen MR) is 142 cm³/mol. The van der Waals surface area contributed by atoms with Crippen molar-refractivity contribution >= 4 is 23.6 Å². The molecule has 1 unspecified atom stereocenters. The molecule has 0 aliphatic rings. The molecule has 0 radical (unpaired) electrons. The van der Waals surface area contributed by atoms with E-state index in [0.717, 1.165) is 22.4 Å². The van der Waals surface area contributed by atoms with Crippen molar-refractivity contribution in [3.8, 4) is 0 Å². The van der Waals surface area contributed by atoms with Crippen molar-refractivity contribution in [3.63, 3.8) is 0 Å². The number of rotatable bonds is 11. The minimum absolute atomic E-state index is 0.0219. The van der Waals surface area contributed by atoms with Crippen LogP contribution in [0, 0.1) is 13.8 Å². The van der Waals surface area contributed by atoms with Gasteiger partial charge in [-0.25, -0.2) is 0 Å². The number of hydrogen-bond donors (Lipinski definition) is 1. The van der Waals surface area contributed by atoms with Gasteiger partial charge < -0.3 is 10.2 Å². The lowest BCUT2D eigenvalue weighted by Gasteiger charge is -2.31. The van der Waals surface area contributed by atoms with E-state index in [2.05, 4.69) is 36.5 Å². The average molecular weight is 475 g/mol. The van der Waals surface area contributed by atoms with E-state index in [0.29, 0.717) is 25.3 Å². The molecule has 0 aromatic heterocycles. The van der Waals surface area contributed by atoms with E-state index in [-0.39, 0.29) is 11.8 Å². The first-order chi connectivity index (χ1) is 16.5. The van der Waals surface area contributed by atoms with Gasteiger partial charge in [0.15, 0.2) is 0 Å². The molecule has 1 N–H and O–H groups in total. The summed E-state index contributed by atoms with van der Waals surface area (Å²) < 4.78 is 0. The summed E-state index contributed by atoms with van der Waals surface area (Å²) in [6.07, 6.45) is 0.479. The van der Waals surface area contributed by atoms with Crippen LogP contribution in [0.4, 0.5) is 0 Å². The molecule has 5 heteroatoms. The number of carbonyl (C=O) groups excluding carboxylic acids is 2. The third-order valence-corrected chi connectivity index (χ3v) is 6.62. The van der Waals surface area contributed by atoms with E-state index in [9.17, 15) is 9.59 Å². The molecule has 0 spiro atoms. The van der Waals surface area contributed by atoms with E-state index in [1.54, 1.807) is 16.7 Å². The molecular weight excluding hydrogens is 440 g/mol. The molecule has 1 atom stereocenters. The van der Waals surface area contributed by atoms with Crippen LogP contribution in [-0.2, 0) is 28.3 Å². The molecule has 178 valence electrons. The lowest BCUT2D eigenvalue weighted by atomic mass is 10.0. The highest BCUT2D eigenvalue weighted by atomic mass is 32.2. The highest BCUT2D eigenvalue weighted by molar-refractivity contribution is 7.99. The normalized spacial score (nSPS) is 11.6. The SMILES string of the molecule is CCNC(=O)C(Cc1ccccc1)N(Cc1cccc(C)c1)C(=O)CSCc1cccc(C)c1. The van der Waals surface area contributed by atoms with Crippen LogP contribution < -0.4 is 5.32 Å². The van der Waals surface area contributed by atoms with Gasteiger partial charge in [0.25, 0.3) is 0 Å². The van der Waals surface area contributed by atoms with Gasteiger partial charge in [0.1, 0.15) is 6.04 Å².